The molecule has 1 amide bonds. The van der Waals surface area contributed by atoms with E-state index in [0.717, 1.165) is 13.1 Å². The van der Waals surface area contributed by atoms with Crippen molar-refractivity contribution in [3.8, 4) is 0 Å². The van der Waals surface area contributed by atoms with Crippen molar-refractivity contribution in [1.82, 2.24) is 10.2 Å². The zero-order valence-electron chi connectivity index (χ0n) is 9.46. The van der Waals surface area contributed by atoms with Crippen molar-refractivity contribution in [3.05, 3.63) is 0 Å². The van der Waals surface area contributed by atoms with Gasteiger partial charge in [-0.25, -0.2) is 4.79 Å². The minimum Gasteiger partial charge on any atom is -0.449 e. The van der Waals surface area contributed by atoms with E-state index < -0.39 is 0 Å². The summed E-state index contributed by atoms with van der Waals surface area (Å²) < 4.78 is 5.13. The zero-order chi connectivity index (χ0) is 10.8. The number of hydrogen-bond donors (Lipinski definition) is 1. The van der Waals surface area contributed by atoms with Gasteiger partial charge in [-0.3, -0.25) is 0 Å². The molecule has 0 aromatic heterocycles. The van der Waals surface area contributed by atoms with Gasteiger partial charge in [0, 0.05) is 24.5 Å². The molecule has 0 saturated carbocycles. The fourth-order valence-electron chi connectivity index (χ4n) is 1.61. The second-order valence-corrected chi connectivity index (χ2v) is 4.78. The van der Waals surface area contributed by atoms with Crippen molar-refractivity contribution in [3.63, 3.8) is 0 Å². The largest absolute Gasteiger partial charge is 0.449 e. The third kappa shape index (κ3) is 2.61. The molecule has 0 aromatic rings. The van der Waals surface area contributed by atoms with Gasteiger partial charge >= 0.3 is 6.09 Å². The van der Waals surface area contributed by atoms with Gasteiger partial charge in [0.25, 0.3) is 0 Å². The van der Waals surface area contributed by atoms with E-state index >= 15 is 0 Å². The highest BCUT2D eigenvalue weighted by atomic mass is 16.6. The van der Waals surface area contributed by atoms with Crippen LogP contribution in [0.25, 0.3) is 0 Å². The van der Waals surface area contributed by atoms with E-state index in [1.54, 1.807) is 4.90 Å². The summed E-state index contributed by atoms with van der Waals surface area (Å²) in [7, 11) is 1.91. The average Bonchev–Trinajstić information content (AvgIpc) is 2.07. The molecule has 14 heavy (non-hydrogen) atoms. The first-order chi connectivity index (χ1) is 6.45. The van der Waals surface area contributed by atoms with Crippen molar-refractivity contribution >= 4 is 6.09 Å². The number of nitrogens with zero attached hydrogens (tertiary/aromatic N) is 1. The summed E-state index contributed by atoms with van der Waals surface area (Å²) in [5.74, 6) is 0.400. The maximum Gasteiger partial charge on any atom is 0.410 e. The molecule has 1 saturated heterocycles. The van der Waals surface area contributed by atoms with Crippen LogP contribution in [0.4, 0.5) is 4.79 Å². The van der Waals surface area contributed by atoms with Crippen LogP contribution in [0.15, 0.2) is 0 Å². The summed E-state index contributed by atoms with van der Waals surface area (Å²) in [6, 6.07) is 0. The Morgan fingerprint density at radius 3 is 2.71 bits per heavy atom. The number of carbonyl (C=O) groups excluding carboxylic acids is 1. The van der Waals surface area contributed by atoms with Gasteiger partial charge in [0.2, 0.25) is 0 Å². The maximum atomic E-state index is 11.5. The highest BCUT2D eigenvalue weighted by Gasteiger charge is 2.34. The predicted molar refractivity (Wildman–Crippen MR) is 55.2 cm³/mol. The average molecular weight is 200 g/mol. The van der Waals surface area contributed by atoms with Crippen LogP contribution in [0.2, 0.25) is 0 Å². The Morgan fingerprint density at radius 2 is 2.21 bits per heavy atom. The molecule has 4 heteroatoms. The first kappa shape index (κ1) is 11.3. The lowest BCUT2D eigenvalue weighted by atomic mass is 10.0. The molecule has 1 aliphatic heterocycles. The molecule has 1 rings (SSSR count). The molecule has 1 heterocycles. The first-order valence-electron chi connectivity index (χ1n) is 5.04. The van der Waals surface area contributed by atoms with Gasteiger partial charge in [-0.1, -0.05) is 0 Å². The van der Waals surface area contributed by atoms with Crippen LogP contribution in [-0.2, 0) is 4.74 Å². The molecule has 0 radical (unpaired) electrons. The predicted octanol–water partition coefficient (Wildman–Crippen LogP) is 1.07. The molecule has 0 aliphatic carbocycles. The molecular weight excluding hydrogens is 180 g/mol. The van der Waals surface area contributed by atoms with Gasteiger partial charge in [0.15, 0.2) is 0 Å². The quantitative estimate of drug-likeness (QED) is 0.725. The number of cyclic esters (lactones) is 1. The van der Waals surface area contributed by atoms with Crippen LogP contribution < -0.4 is 5.32 Å². The van der Waals surface area contributed by atoms with E-state index in [1.807, 2.05) is 27.8 Å². The second-order valence-electron chi connectivity index (χ2n) is 4.78. The summed E-state index contributed by atoms with van der Waals surface area (Å²) in [6.45, 7) is 8.28. The number of nitrogens with one attached hydrogen (secondary N) is 1. The minimum atomic E-state index is -0.190. The van der Waals surface area contributed by atoms with Crippen molar-refractivity contribution in [2.24, 2.45) is 5.92 Å². The Morgan fingerprint density at radius 1 is 1.57 bits per heavy atom. The van der Waals surface area contributed by atoms with Crippen LogP contribution in [-0.4, -0.2) is 43.3 Å². The molecular formula is C10H20N2O2. The third-order valence-corrected chi connectivity index (χ3v) is 2.41. The summed E-state index contributed by atoms with van der Waals surface area (Å²) in [5, 5.41) is 3.11. The lowest BCUT2D eigenvalue weighted by Gasteiger charge is -2.40. The van der Waals surface area contributed by atoms with E-state index in [-0.39, 0.29) is 11.6 Å². The molecule has 1 atom stereocenters. The number of rotatable bonds is 2. The van der Waals surface area contributed by atoms with Crippen LogP contribution >= 0.6 is 0 Å². The summed E-state index contributed by atoms with van der Waals surface area (Å²) in [5.41, 5.74) is -0.149. The lowest BCUT2D eigenvalue weighted by molar-refractivity contribution is 0.0101. The van der Waals surface area contributed by atoms with Gasteiger partial charge in [-0.05, 0) is 27.8 Å². The monoisotopic (exact) mass is 200 g/mol. The zero-order valence-corrected chi connectivity index (χ0v) is 9.46. The van der Waals surface area contributed by atoms with E-state index in [4.69, 9.17) is 4.74 Å². The van der Waals surface area contributed by atoms with Gasteiger partial charge in [-0.2, -0.15) is 0 Å². The van der Waals surface area contributed by atoms with E-state index in [1.165, 1.54) is 0 Å². The van der Waals surface area contributed by atoms with Gasteiger partial charge in [0.05, 0.1) is 6.61 Å². The molecule has 0 aromatic carbocycles. The minimum absolute atomic E-state index is 0.149. The van der Waals surface area contributed by atoms with E-state index in [2.05, 4.69) is 5.32 Å². The highest BCUT2D eigenvalue weighted by Crippen LogP contribution is 2.20. The Balaban J connectivity index is 2.60. The molecule has 1 fully saturated rings. The Bertz CT molecular complexity index is 211. The standard InChI is InChI=1S/C10H20N2O2/c1-10(2,3)12-6-8(5-11-4)7-14-9(12)13/h8,11H,5-7H2,1-4H3. The maximum absolute atomic E-state index is 11.5. The summed E-state index contributed by atoms with van der Waals surface area (Å²) >= 11 is 0. The van der Waals surface area contributed by atoms with Crippen molar-refractivity contribution in [2.75, 3.05) is 26.7 Å². The van der Waals surface area contributed by atoms with Crippen molar-refractivity contribution in [2.45, 2.75) is 26.3 Å². The van der Waals surface area contributed by atoms with Gasteiger partial charge in [-0.15, -0.1) is 0 Å². The molecule has 82 valence electrons. The molecule has 4 nitrogen and oxygen atoms in total. The molecule has 1 aliphatic rings. The lowest BCUT2D eigenvalue weighted by Crippen LogP contribution is -2.53. The number of ether oxygens (including phenoxy) is 1. The normalized spacial score (nSPS) is 23.6. The fraction of sp³-hybridized carbons (Fsp3) is 0.900. The van der Waals surface area contributed by atoms with E-state index in [9.17, 15) is 4.79 Å². The number of carbonyl (C=O) groups is 1. The number of amides is 1. The fourth-order valence-corrected chi connectivity index (χ4v) is 1.61. The SMILES string of the molecule is CNCC1COC(=O)N(C(C)(C)C)C1. The molecule has 1 N–H and O–H groups in total. The Hall–Kier alpha value is -0.770. The van der Waals surface area contributed by atoms with Gasteiger partial charge in [0.1, 0.15) is 0 Å². The smallest absolute Gasteiger partial charge is 0.410 e. The molecule has 1 unspecified atom stereocenters. The molecule has 0 spiro atoms. The van der Waals surface area contributed by atoms with Crippen molar-refractivity contribution < 1.29 is 9.53 Å². The topological polar surface area (TPSA) is 41.6 Å². The van der Waals surface area contributed by atoms with Gasteiger partial charge < -0.3 is 15.0 Å². The Kier molecular flexibility index (Phi) is 3.37. The van der Waals surface area contributed by atoms with Crippen LogP contribution in [0.5, 0.6) is 0 Å². The number of hydrogen-bond acceptors (Lipinski definition) is 3. The van der Waals surface area contributed by atoms with Crippen LogP contribution in [0.1, 0.15) is 20.8 Å². The van der Waals surface area contributed by atoms with E-state index in [0.29, 0.717) is 12.5 Å². The van der Waals surface area contributed by atoms with Crippen LogP contribution in [0.3, 0.4) is 0 Å². The van der Waals surface area contributed by atoms with Crippen LogP contribution in [0, 0.1) is 5.92 Å². The van der Waals surface area contributed by atoms with Crippen molar-refractivity contribution in [1.29, 1.82) is 0 Å². The molecule has 0 bridgehead atoms. The summed E-state index contributed by atoms with van der Waals surface area (Å²) in [6.07, 6.45) is -0.190. The third-order valence-electron chi connectivity index (χ3n) is 2.41. The first-order valence-corrected chi connectivity index (χ1v) is 5.04. The summed E-state index contributed by atoms with van der Waals surface area (Å²) in [4.78, 5) is 13.3. The Labute approximate surface area is 85.6 Å². The second kappa shape index (κ2) is 4.17. The highest BCUT2D eigenvalue weighted by molar-refractivity contribution is 5.69.